The van der Waals surface area contributed by atoms with Gasteiger partial charge < -0.3 is 14.6 Å². The van der Waals surface area contributed by atoms with Gasteiger partial charge in [0.25, 0.3) is 0 Å². The molecule has 0 aromatic heterocycles. The van der Waals surface area contributed by atoms with E-state index in [0.717, 1.165) is 6.42 Å². The van der Waals surface area contributed by atoms with Crippen molar-refractivity contribution >= 4 is 0 Å². The summed E-state index contributed by atoms with van der Waals surface area (Å²) < 4.78 is 10.4. The first kappa shape index (κ1) is 8.97. The minimum absolute atomic E-state index is 0.0612. The molecule has 1 saturated heterocycles. The Morgan fingerprint density at radius 2 is 2.27 bits per heavy atom. The molecule has 0 aromatic carbocycles. The molecule has 3 heteroatoms. The van der Waals surface area contributed by atoms with Gasteiger partial charge in [0, 0.05) is 0 Å². The van der Waals surface area contributed by atoms with Gasteiger partial charge in [-0.3, -0.25) is 0 Å². The smallest absolute Gasteiger partial charge is 0.105 e. The molecule has 1 fully saturated rings. The van der Waals surface area contributed by atoms with Crippen molar-refractivity contribution in [1.29, 1.82) is 0 Å². The zero-order valence-corrected chi connectivity index (χ0v) is 7.12. The predicted octanol–water partition coefficient (Wildman–Crippen LogP) is 0.561. The van der Waals surface area contributed by atoms with E-state index in [9.17, 15) is 5.11 Å². The Labute approximate surface area is 67.3 Å². The second-order valence-electron chi connectivity index (χ2n) is 2.98. The van der Waals surface area contributed by atoms with Gasteiger partial charge in [-0.25, -0.2) is 0 Å². The molecule has 11 heavy (non-hydrogen) atoms. The molecule has 2 unspecified atom stereocenters. The molecule has 3 nitrogen and oxygen atoms in total. The van der Waals surface area contributed by atoms with E-state index in [1.807, 2.05) is 13.8 Å². The highest BCUT2D eigenvalue weighted by atomic mass is 16.6. The number of hydrogen-bond acceptors (Lipinski definition) is 3. The average molecular weight is 160 g/mol. The maximum atomic E-state index is 9.33. The quantitative estimate of drug-likeness (QED) is 0.653. The fourth-order valence-corrected chi connectivity index (χ4v) is 1.02. The molecule has 1 aliphatic rings. The van der Waals surface area contributed by atoms with Crippen molar-refractivity contribution in [3.63, 3.8) is 0 Å². The van der Waals surface area contributed by atoms with Crippen LogP contribution in [0.3, 0.4) is 0 Å². The highest BCUT2D eigenvalue weighted by Crippen LogP contribution is 2.11. The lowest BCUT2D eigenvalue weighted by atomic mass is 10.2. The lowest BCUT2D eigenvalue weighted by molar-refractivity contribution is -0.170. The van der Waals surface area contributed by atoms with Crippen molar-refractivity contribution in [3.05, 3.63) is 0 Å². The highest BCUT2D eigenvalue weighted by Gasteiger charge is 2.24. The first-order valence-electron chi connectivity index (χ1n) is 4.15. The van der Waals surface area contributed by atoms with E-state index in [1.165, 1.54) is 0 Å². The molecule has 0 aromatic rings. The van der Waals surface area contributed by atoms with E-state index in [0.29, 0.717) is 13.2 Å². The third-order valence-electron chi connectivity index (χ3n) is 1.97. The zero-order valence-electron chi connectivity index (χ0n) is 7.12. The van der Waals surface area contributed by atoms with E-state index < -0.39 is 0 Å². The van der Waals surface area contributed by atoms with E-state index in [1.54, 1.807) is 0 Å². The van der Waals surface area contributed by atoms with Crippen LogP contribution < -0.4 is 0 Å². The summed E-state index contributed by atoms with van der Waals surface area (Å²) in [6.45, 7) is 5.20. The first-order valence-corrected chi connectivity index (χ1v) is 4.15. The Bertz CT molecular complexity index is 112. The highest BCUT2D eigenvalue weighted by molar-refractivity contribution is 4.70. The fourth-order valence-electron chi connectivity index (χ4n) is 1.02. The monoisotopic (exact) mass is 160 g/mol. The van der Waals surface area contributed by atoms with Gasteiger partial charge in [-0.05, 0) is 13.3 Å². The fraction of sp³-hybridized carbons (Fsp3) is 1.00. The van der Waals surface area contributed by atoms with Gasteiger partial charge in [-0.15, -0.1) is 0 Å². The standard InChI is InChI=1S/C8H16O3/c1-3-8(9)6(2)11-7-4-10-5-7/h6-9H,3-5H2,1-2H3. The molecule has 66 valence electrons. The first-order chi connectivity index (χ1) is 5.24. The largest absolute Gasteiger partial charge is 0.390 e. The van der Waals surface area contributed by atoms with Crippen LogP contribution in [0.1, 0.15) is 20.3 Å². The lowest BCUT2D eigenvalue weighted by Gasteiger charge is -2.30. The van der Waals surface area contributed by atoms with Gasteiger partial charge in [0.1, 0.15) is 6.10 Å². The summed E-state index contributed by atoms with van der Waals surface area (Å²) in [6.07, 6.45) is 0.560. The van der Waals surface area contributed by atoms with Crippen LogP contribution in [0.2, 0.25) is 0 Å². The van der Waals surface area contributed by atoms with E-state index in [-0.39, 0.29) is 18.3 Å². The zero-order chi connectivity index (χ0) is 8.27. The van der Waals surface area contributed by atoms with Crippen molar-refractivity contribution < 1.29 is 14.6 Å². The van der Waals surface area contributed by atoms with Crippen molar-refractivity contribution in [2.75, 3.05) is 13.2 Å². The van der Waals surface area contributed by atoms with E-state index in [4.69, 9.17) is 9.47 Å². The Hall–Kier alpha value is -0.120. The molecule has 0 radical (unpaired) electrons. The molecule has 0 saturated carbocycles. The number of hydrogen-bond donors (Lipinski definition) is 1. The Kier molecular flexibility index (Phi) is 3.30. The van der Waals surface area contributed by atoms with Crippen LogP contribution in [0, 0.1) is 0 Å². The molecule has 2 atom stereocenters. The topological polar surface area (TPSA) is 38.7 Å². The molecular weight excluding hydrogens is 144 g/mol. The van der Waals surface area contributed by atoms with Crippen molar-refractivity contribution in [3.8, 4) is 0 Å². The lowest BCUT2D eigenvalue weighted by Crippen LogP contribution is -2.41. The van der Waals surface area contributed by atoms with Gasteiger partial charge in [-0.2, -0.15) is 0 Å². The van der Waals surface area contributed by atoms with Crippen molar-refractivity contribution in [1.82, 2.24) is 0 Å². The third-order valence-corrected chi connectivity index (χ3v) is 1.97. The van der Waals surface area contributed by atoms with E-state index >= 15 is 0 Å². The molecule has 1 heterocycles. The van der Waals surface area contributed by atoms with Crippen LogP contribution in [0.5, 0.6) is 0 Å². The van der Waals surface area contributed by atoms with Crippen molar-refractivity contribution in [2.45, 2.75) is 38.6 Å². The molecular formula is C8H16O3. The van der Waals surface area contributed by atoms with Crippen molar-refractivity contribution in [2.24, 2.45) is 0 Å². The molecule has 1 rings (SSSR count). The van der Waals surface area contributed by atoms with E-state index in [2.05, 4.69) is 0 Å². The molecule has 0 aliphatic carbocycles. The van der Waals surface area contributed by atoms with Crippen LogP contribution in [0.25, 0.3) is 0 Å². The van der Waals surface area contributed by atoms with Gasteiger partial charge in [-0.1, -0.05) is 6.92 Å². The van der Waals surface area contributed by atoms with Crippen LogP contribution >= 0.6 is 0 Å². The predicted molar refractivity (Wildman–Crippen MR) is 41.5 cm³/mol. The summed E-state index contributed by atoms with van der Waals surface area (Å²) in [6, 6.07) is 0. The summed E-state index contributed by atoms with van der Waals surface area (Å²) in [7, 11) is 0. The Morgan fingerprint density at radius 3 is 2.64 bits per heavy atom. The third kappa shape index (κ3) is 2.43. The second-order valence-corrected chi connectivity index (χ2v) is 2.98. The SMILES string of the molecule is CCC(O)C(C)OC1COC1. The maximum Gasteiger partial charge on any atom is 0.105 e. The van der Waals surface area contributed by atoms with Gasteiger partial charge in [0.2, 0.25) is 0 Å². The normalized spacial score (nSPS) is 24.3. The molecule has 0 amide bonds. The number of aliphatic hydroxyl groups is 1. The summed E-state index contributed by atoms with van der Waals surface area (Å²) in [5.41, 5.74) is 0. The molecule has 1 aliphatic heterocycles. The number of ether oxygens (including phenoxy) is 2. The minimum atomic E-state index is -0.337. The summed E-state index contributed by atoms with van der Waals surface area (Å²) in [4.78, 5) is 0. The summed E-state index contributed by atoms with van der Waals surface area (Å²) in [5.74, 6) is 0. The molecule has 1 N–H and O–H groups in total. The summed E-state index contributed by atoms with van der Waals surface area (Å²) in [5, 5.41) is 9.33. The number of aliphatic hydroxyl groups excluding tert-OH is 1. The Morgan fingerprint density at radius 1 is 1.64 bits per heavy atom. The average Bonchev–Trinajstić information content (AvgIpc) is 1.94. The maximum absolute atomic E-state index is 9.33. The van der Waals surface area contributed by atoms with Gasteiger partial charge in [0.15, 0.2) is 0 Å². The molecule has 0 spiro atoms. The summed E-state index contributed by atoms with van der Waals surface area (Å²) >= 11 is 0. The van der Waals surface area contributed by atoms with Crippen LogP contribution in [0.15, 0.2) is 0 Å². The van der Waals surface area contributed by atoms with Gasteiger partial charge >= 0.3 is 0 Å². The molecule has 0 bridgehead atoms. The number of rotatable bonds is 4. The van der Waals surface area contributed by atoms with Crippen LogP contribution in [-0.2, 0) is 9.47 Å². The second kappa shape index (κ2) is 4.04. The van der Waals surface area contributed by atoms with Crippen LogP contribution in [0.4, 0.5) is 0 Å². The van der Waals surface area contributed by atoms with Crippen LogP contribution in [-0.4, -0.2) is 36.6 Å². The Balaban J connectivity index is 2.13. The van der Waals surface area contributed by atoms with Gasteiger partial charge in [0.05, 0.1) is 25.4 Å². The minimum Gasteiger partial charge on any atom is -0.390 e.